The Balaban J connectivity index is 2.25. The summed E-state index contributed by atoms with van der Waals surface area (Å²) in [6.45, 7) is 0.623. The summed E-state index contributed by atoms with van der Waals surface area (Å²) < 4.78 is 26.3. The molecule has 0 aromatic rings. The molecule has 0 saturated carbocycles. The van der Waals surface area contributed by atoms with Crippen molar-refractivity contribution >= 4 is 0 Å². The Kier molecular flexibility index (Phi) is 1.84. The molecule has 70 valence electrons. The van der Waals surface area contributed by atoms with Gasteiger partial charge >= 0.3 is 0 Å². The molecule has 2 fully saturated rings. The van der Waals surface area contributed by atoms with Gasteiger partial charge in [-0.1, -0.05) is 0 Å². The highest BCUT2D eigenvalue weighted by Gasteiger charge is 2.56. The van der Waals surface area contributed by atoms with E-state index in [1.165, 1.54) is 0 Å². The second kappa shape index (κ2) is 2.64. The van der Waals surface area contributed by atoms with E-state index in [4.69, 9.17) is 5.11 Å². The maximum atomic E-state index is 13.4. The second-order valence-electron chi connectivity index (χ2n) is 3.73. The summed E-state index contributed by atoms with van der Waals surface area (Å²) in [6.07, 6.45) is -1.44. The number of nitrogens with zero attached hydrogens (tertiary/aromatic N) is 1. The fraction of sp³-hybridized carbons (Fsp3) is 1.00. The van der Waals surface area contributed by atoms with Gasteiger partial charge in [0.1, 0.15) is 6.17 Å². The maximum absolute atomic E-state index is 13.4. The van der Waals surface area contributed by atoms with Crippen molar-refractivity contribution in [1.29, 1.82) is 0 Å². The van der Waals surface area contributed by atoms with Crippen LogP contribution in [0.1, 0.15) is 12.8 Å². The van der Waals surface area contributed by atoms with E-state index in [0.29, 0.717) is 6.42 Å². The normalized spacial score (nSPS) is 48.2. The van der Waals surface area contributed by atoms with Crippen LogP contribution in [0.4, 0.5) is 8.78 Å². The lowest BCUT2D eigenvalue weighted by Crippen LogP contribution is -2.48. The van der Waals surface area contributed by atoms with Crippen LogP contribution < -0.4 is 0 Å². The third-order valence-electron chi connectivity index (χ3n) is 3.17. The molecule has 0 spiro atoms. The fourth-order valence-electron chi connectivity index (χ4n) is 2.45. The molecule has 0 aliphatic carbocycles. The van der Waals surface area contributed by atoms with Crippen LogP contribution in [0.5, 0.6) is 0 Å². The van der Waals surface area contributed by atoms with Gasteiger partial charge in [0, 0.05) is 6.54 Å². The molecule has 0 unspecified atom stereocenters. The second-order valence-corrected chi connectivity index (χ2v) is 3.73. The Hall–Kier alpha value is -0.220. The van der Waals surface area contributed by atoms with Crippen LogP contribution in [0.2, 0.25) is 0 Å². The van der Waals surface area contributed by atoms with Crippen LogP contribution in [0.15, 0.2) is 0 Å². The Bertz CT molecular complexity index is 186. The summed E-state index contributed by atoms with van der Waals surface area (Å²) >= 11 is 0. The van der Waals surface area contributed by atoms with E-state index < -0.39 is 17.9 Å². The number of hydrogen-bond acceptors (Lipinski definition) is 2. The van der Waals surface area contributed by atoms with Gasteiger partial charge in [0.05, 0.1) is 12.1 Å². The number of hydrogen-bond donors (Lipinski definition) is 1. The molecule has 4 heteroatoms. The van der Waals surface area contributed by atoms with Gasteiger partial charge in [-0.05, 0) is 19.4 Å². The van der Waals surface area contributed by atoms with Gasteiger partial charge < -0.3 is 5.11 Å². The molecule has 2 rings (SSSR count). The topological polar surface area (TPSA) is 23.5 Å². The van der Waals surface area contributed by atoms with Crippen molar-refractivity contribution in [2.24, 2.45) is 0 Å². The first kappa shape index (κ1) is 8.38. The molecule has 0 aromatic heterocycles. The van der Waals surface area contributed by atoms with E-state index in [-0.39, 0.29) is 13.2 Å². The standard InChI is InChI=1S/C8H13F2NO/c9-6-4-11-3-1-2-8(11,5-12)7(6)10/h6-7,12H,1-5H2/t6-,7-,8-/m1/s1. The van der Waals surface area contributed by atoms with Gasteiger partial charge in [-0.15, -0.1) is 0 Å². The minimum atomic E-state index is -1.50. The molecule has 2 heterocycles. The van der Waals surface area contributed by atoms with Crippen molar-refractivity contribution in [2.75, 3.05) is 19.7 Å². The Morgan fingerprint density at radius 2 is 2.25 bits per heavy atom. The van der Waals surface area contributed by atoms with E-state index in [1.54, 1.807) is 4.90 Å². The first-order valence-corrected chi connectivity index (χ1v) is 4.35. The Morgan fingerprint density at radius 3 is 2.83 bits per heavy atom. The van der Waals surface area contributed by atoms with Crippen molar-refractivity contribution in [3.05, 3.63) is 0 Å². The number of aliphatic hydroxyl groups excluding tert-OH is 1. The first-order valence-electron chi connectivity index (χ1n) is 4.35. The molecule has 3 atom stereocenters. The van der Waals surface area contributed by atoms with Crippen LogP contribution in [0.25, 0.3) is 0 Å². The highest BCUT2D eigenvalue weighted by molar-refractivity contribution is 5.09. The molecule has 2 aliphatic rings. The average Bonchev–Trinajstić information content (AvgIpc) is 2.55. The molecular weight excluding hydrogens is 164 g/mol. The zero-order valence-corrected chi connectivity index (χ0v) is 6.84. The fourth-order valence-corrected chi connectivity index (χ4v) is 2.45. The molecule has 2 saturated heterocycles. The van der Waals surface area contributed by atoms with Gasteiger partial charge in [0.15, 0.2) is 6.17 Å². The number of rotatable bonds is 1. The zero-order chi connectivity index (χ0) is 8.77. The van der Waals surface area contributed by atoms with Crippen LogP contribution in [-0.2, 0) is 0 Å². The van der Waals surface area contributed by atoms with Crippen molar-refractivity contribution in [1.82, 2.24) is 4.90 Å². The average molecular weight is 177 g/mol. The quantitative estimate of drug-likeness (QED) is 0.630. The lowest BCUT2D eigenvalue weighted by atomic mass is 9.93. The van der Waals surface area contributed by atoms with E-state index >= 15 is 0 Å². The largest absolute Gasteiger partial charge is 0.394 e. The van der Waals surface area contributed by atoms with Crippen molar-refractivity contribution < 1.29 is 13.9 Å². The molecule has 0 radical (unpaired) electrons. The third-order valence-corrected chi connectivity index (χ3v) is 3.17. The summed E-state index contributed by atoms with van der Waals surface area (Å²) in [4.78, 5) is 1.75. The predicted molar refractivity (Wildman–Crippen MR) is 40.4 cm³/mol. The van der Waals surface area contributed by atoms with Gasteiger partial charge in [-0.3, -0.25) is 4.90 Å². The van der Waals surface area contributed by atoms with Crippen LogP contribution in [-0.4, -0.2) is 47.6 Å². The van der Waals surface area contributed by atoms with E-state index in [0.717, 1.165) is 13.0 Å². The van der Waals surface area contributed by atoms with Crippen LogP contribution >= 0.6 is 0 Å². The molecule has 2 aliphatic heterocycles. The Morgan fingerprint density at radius 1 is 1.50 bits per heavy atom. The summed E-state index contributed by atoms with van der Waals surface area (Å²) in [7, 11) is 0. The molecule has 12 heavy (non-hydrogen) atoms. The third kappa shape index (κ3) is 0.850. The van der Waals surface area contributed by atoms with Gasteiger partial charge in [-0.2, -0.15) is 0 Å². The lowest BCUT2D eigenvalue weighted by molar-refractivity contribution is 0.0408. The minimum Gasteiger partial charge on any atom is -0.394 e. The number of alkyl halides is 2. The van der Waals surface area contributed by atoms with Gasteiger partial charge in [-0.25, -0.2) is 8.78 Å². The highest BCUT2D eigenvalue weighted by Crippen LogP contribution is 2.41. The maximum Gasteiger partial charge on any atom is 0.153 e. The van der Waals surface area contributed by atoms with Crippen molar-refractivity contribution in [3.63, 3.8) is 0 Å². The van der Waals surface area contributed by atoms with E-state index in [9.17, 15) is 8.78 Å². The lowest BCUT2D eigenvalue weighted by Gasteiger charge is -2.30. The van der Waals surface area contributed by atoms with Crippen molar-refractivity contribution in [3.8, 4) is 0 Å². The summed E-state index contributed by atoms with van der Waals surface area (Å²) in [5, 5.41) is 9.07. The number of fused-ring (bicyclic) bond motifs is 1. The van der Waals surface area contributed by atoms with Gasteiger partial charge in [0.2, 0.25) is 0 Å². The zero-order valence-electron chi connectivity index (χ0n) is 6.84. The SMILES string of the molecule is OC[C@@]12CCCN1C[C@@H](F)[C@H]2F. The summed E-state index contributed by atoms with van der Waals surface area (Å²) in [5.41, 5.74) is -0.876. The van der Waals surface area contributed by atoms with Crippen LogP contribution in [0, 0.1) is 0 Å². The summed E-state index contributed by atoms with van der Waals surface area (Å²) in [6, 6.07) is 0. The first-order chi connectivity index (χ1) is 5.70. The molecule has 0 amide bonds. The molecule has 2 nitrogen and oxygen atoms in total. The van der Waals surface area contributed by atoms with Crippen LogP contribution in [0.3, 0.4) is 0 Å². The molecule has 0 bridgehead atoms. The number of aliphatic hydroxyl groups is 1. The Labute approximate surface area is 70.2 Å². The van der Waals surface area contributed by atoms with Gasteiger partial charge in [0.25, 0.3) is 0 Å². The number of halogens is 2. The smallest absolute Gasteiger partial charge is 0.153 e. The molecule has 0 aromatic carbocycles. The minimum absolute atomic E-state index is 0.154. The van der Waals surface area contributed by atoms with E-state index in [1.807, 2.05) is 0 Å². The summed E-state index contributed by atoms with van der Waals surface area (Å²) in [5.74, 6) is 0. The molecule has 1 N–H and O–H groups in total. The van der Waals surface area contributed by atoms with E-state index in [2.05, 4.69) is 0 Å². The monoisotopic (exact) mass is 177 g/mol. The predicted octanol–water partition coefficient (Wildman–Crippen LogP) is 0.503. The van der Waals surface area contributed by atoms with Crippen molar-refractivity contribution in [2.45, 2.75) is 30.7 Å². The molecular formula is C8H13F2NO. The highest BCUT2D eigenvalue weighted by atomic mass is 19.2.